The van der Waals surface area contributed by atoms with E-state index < -0.39 is 0 Å². The lowest BCUT2D eigenvalue weighted by molar-refractivity contribution is 0.199. The molecule has 0 radical (unpaired) electrons. The SMILES string of the molecule is C=Cc1ccc(N2CC(C)(C)N[C@H]3CCCC[C@H]32)c2c1CCC2. The Morgan fingerprint density at radius 2 is 1.91 bits per heavy atom. The molecule has 1 heterocycles. The zero-order valence-electron chi connectivity index (χ0n) is 14.7. The summed E-state index contributed by atoms with van der Waals surface area (Å²) in [4.78, 5) is 2.76. The predicted octanol–water partition coefficient (Wildman–Crippen LogP) is 4.32. The summed E-state index contributed by atoms with van der Waals surface area (Å²) in [6.07, 6.45) is 11.2. The van der Waals surface area contributed by atoms with E-state index in [-0.39, 0.29) is 5.54 Å². The summed E-state index contributed by atoms with van der Waals surface area (Å²) in [7, 11) is 0. The fourth-order valence-electron chi connectivity index (χ4n) is 5.18. The zero-order valence-corrected chi connectivity index (χ0v) is 14.7. The van der Waals surface area contributed by atoms with Crippen LogP contribution >= 0.6 is 0 Å². The van der Waals surface area contributed by atoms with E-state index in [1.165, 1.54) is 56.2 Å². The Labute approximate surface area is 141 Å². The van der Waals surface area contributed by atoms with E-state index in [9.17, 15) is 0 Å². The first-order chi connectivity index (χ1) is 11.1. The van der Waals surface area contributed by atoms with Crippen LogP contribution in [0.4, 0.5) is 5.69 Å². The Bertz CT molecular complexity index is 617. The summed E-state index contributed by atoms with van der Waals surface area (Å²) in [5, 5.41) is 3.93. The van der Waals surface area contributed by atoms with Crippen LogP contribution in [0.25, 0.3) is 6.08 Å². The molecule has 2 nitrogen and oxygen atoms in total. The first kappa shape index (κ1) is 15.3. The van der Waals surface area contributed by atoms with Gasteiger partial charge in [-0.15, -0.1) is 0 Å². The minimum atomic E-state index is 0.196. The molecule has 3 aliphatic rings. The number of hydrogen-bond acceptors (Lipinski definition) is 2. The second kappa shape index (κ2) is 5.66. The van der Waals surface area contributed by atoms with Gasteiger partial charge in [-0.25, -0.2) is 0 Å². The largest absolute Gasteiger partial charge is 0.365 e. The van der Waals surface area contributed by atoms with E-state index in [4.69, 9.17) is 0 Å². The van der Waals surface area contributed by atoms with Gasteiger partial charge in [0.05, 0.1) is 0 Å². The van der Waals surface area contributed by atoms with Gasteiger partial charge in [0.15, 0.2) is 0 Å². The van der Waals surface area contributed by atoms with Gasteiger partial charge in [0.1, 0.15) is 0 Å². The molecule has 2 atom stereocenters. The van der Waals surface area contributed by atoms with Crippen LogP contribution in [0.2, 0.25) is 0 Å². The normalized spacial score (nSPS) is 29.0. The van der Waals surface area contributed by atoms with E-state index in [1.54, 1.807) is 11.1 Å². The molecule has 1 saturated carbocycles. The minimum absolute atomic E-state index is 0.196. The number of piperazine rings is 1. The standard InChI is InChI=1S/C21H30N2/c1-4-15-12-13-19(17-9-7-8-16(15)17)23-14-21(2,3)22-18-10-5-6-11-20(18)23/h4,12-13,18,20,22H,1,5-11,14H2,2-3H3/t18-,20+/m0/s1. The Hall–Kier alpha value is -1.28. The second-order valence-corrected chi connectivity index (χ2v) is 8.30. The third-order valence-electron chi connectivity index (χ3n) is 6.10. The number of fused-ring (bicyclic) bond motifs is 2. The summed E-state index contributed by atoms with van der Waals surface area (Å²) >= 11 is 0. The number of hydrogen-bond donors (Lipinski definition) is 1. The molecular formula is C21H30N2. The van der Waals surface area contributed by atoms with Gasteiger partial charge in [0.25, 0.3) is 0 Å². The van der Waals surface area contributed by atoms with Crippen molar-refractivity contribution in [1.82, 2.24) is 5.32 Å². The molecular weight excluding hydrogens is 280 g/mol. The molecule has 1 aliphatic heterocycles. The summed E-state index contributed by atoms with van der Waals surface area (Å²) < 4.78 is 0. The molecule has 2 fully saturated rings. The maximum Gasteiger partial charge on any atom is 0.0444 e. The van der Waals surface area contributed by atoms with Crippen molar-refractivity contribution in [3.63, 3.8) is 0 Å². The predicted molar refractivity (Wildman–Crippen MR) is 99.2 cm³/mol. The average Bonchev–Trinajstić information content (AvgIpc) is 3.02. The molecule has 2 aliphatic carbocycles. The zero-order chi connectivity index (χ0) is 16.0. The van der Waals surface area contributed by atoms with E-state index in [2.05, 4.69) is 42.8 Å². The average molecular weight is 310 g/mol. The monoisotopic (exact) mass is 310 g/mol. The van der Waals surface area contributed by atoms with Gasteiger partial charge in [-0.1, -0.05) is 31.6 Å². The fourth-order valence-corrected chi connectivity index (χ4v) is 5.18. The smallest absolute Gasteiger partial charge is 0.0444 e. The van der Waals surface area contributed by atoms with Gasteiger partial charge in [-0.05, 0) is 68.7 Å². The lowest BCUT2D eigenvalue weighted by Gasteiger charge is -2.52. The van der Waals surface area contributed by atoms with Crippen LogP contribution in [-0.2, 0) is 12.8 Å². The Kier molecular flexibility index (Phi) is 3.76. The number of anilines is 1. The van der Waals surface area contributed by atoms with Crippen LogP contribution in [0.3, 0.4) is 0 Å². The number of nitrogens with one attached hydrogen (secondary N) is 1. The second-order valence-electron chi connectivity index (χ2n) is 8.30. The van der Waals surface area contributed by atoms with Gasteiger partial charge in [-0.2, -0.15) is 0 Å². The fraction of sp³-hybridized carbons (Fsp3) is 0.619. The maximum absolute atomic E-state index is 4.02. The van der Waals surface area contributed by atoms with Gasteiger partial charge in [0.2, 0.25) is 0 Å². The highest BCUT2D eigenvalue weighted by Gasteiger charge is 2.41. The lowest BCUT2D eigenvalue weighted by Crippen LogP contribution is -2.67. The molecule has 0 amide bonds. The molecule has 0 bridgehead atoms. The van der Waals surface area contributed by atoms with Crippen molar-refractivity contribution in [1.29, 1.82) is 0 Å². The van der Waals surface area contributed by atoms with Crippen molar-refractivity contribution in [2.75, 3.05) is 11.4 Å². The van der Waals surface area contributed by atoms with Crippen LogP contribution in [0, 0.1) is 0 Å². The maximum atomic E-state index is 4.02. The molecule has 4 rings (SSSR count). The highest BCUT2D eigenvalue weighted by molar-refractivity contribution is 5.67. The van der Waals surface area contributed by atoms with Crippen LogP contribution < -0.4 is 10.2 Å². The molecule has 23 heavy (non-hydrogen) atoms. The number of benzene rings is 1. The van der Waals surface area contributed by atoms with Gasteiger partial charge in [-0.3, -0.25) is 0 Å². The topological polar surface area (TPSA) is 15.3 Å². The van der Waals surface area contributed by atoms with Crippen molar-refractivity contribution < 1.29 is 0 Å². The van der Waals surface area contributed by atoms with Crippen LogP contribution in [0.15, 0.2) is 18.7 Å². The number of nitrogens with zero attached hydrogens (tertiary/aromatic N) is 1. The van der Waals surface area contributed by atoms with E-state index in [0.29, 0.717) is 12.1 Å². The summed E-state index contributed by atoms with van der Waals surface area (Å²) in [5.74, 6) is 0. The highest BCUT2D eigenvalue weighted by atomic mass is 15.3. The quantitative estimate of drug-likeness (QED) is 0.875. The van der Waals surface area contributed by atoms with Crippen molar-refractivity contribution in [3.8, 4) is 0 Å². The molecule has 2 heteroatoms. The third kappa shape index (κ3) is 2.61. The minimum Gasteiger partial charge on any atom is -0.365 e. The molecule has 124 valence electrons. The molecule has 1 aromatic carbocycles. The number of rotatable bonds is 2. The summed E-state index contributed by atoms with van der Waals surface area (Å²) in [6.45, 7) is 9.86. The van der Waals surface area contributed by atoms with Crippen LogP contribution in [0.1, 0.15) is 62.6 Å². The molecule has 1 N–H and O–H groups in total. The molecule has 1 saturated heterocycles. The van der Waals surface area contributed by atoms with E-state index >= 15 is 0 Å². The Balaban J connectivity index is 1.76. The first-order valence-electron chi connectivity index (χ1n) is 9.40. The van der Waals surface area contributed by atoms with Crippen LogP contribution in [0.5, 0.6) is 0 Å². The van der Waals surface area contributed by atoms with Gasteiger partial charge < -0.3 is 10.2 Å². The van der Waals surface area contributed by atoms with Crippen molar-refractivity contribution in [3.05, 3.63) is 35.4 Å². The Morgan fingerprint density at radius 3 is 2.74 bits per heavy atom. The summed E-state index contributed by atoms with van der Waals surface area (Å²) in [6, 6.07) is 6.02. The van der Waals surface area contributed by atoms with Crippen LogP contribution in [-0.4, -0.2) is 24.2 Å². The molecule has 0 aromatic heterocycles. The van der Waals surface area contributed by atoms with E-state index in [1.807, 2.05) is 6.08 Å². The first-order valence-corrected chi connectivity index (χ1v) is 9.40. The Morgan fingerprint density at radius 1 is 1.13 bits per heavy atom. The lowest BCUT2D eigenvalue weighted by atomic mass is 9.82. The highest BCUT2D eigenvalue weighted by Crippen LogP contribution is 2.39. The third-order valence-corrected chi connectivity index (χ3v) is 6.10. The van der Waals surface area contributed by atoms with Gasteiger partial charge in [0, 0.05) is 29.9 Å². The van der Waals surface area contributed by atoms with Crippen molar-refractivity contribution in [2.45, 2.75) is 76.4 Å². The summed E-state index contributed by atoms with van der Waals surface area (Å²) in [5.41, 5.74) is 6.26. The molecule has 1 aromatic rings. The van der Waals surface area contributed by atoms with E-state index in [0.717, 1.165) is 6.54 Å². The molecule has 0 unspecified atom stereocenters. The van der Waals surface area contributed by atoms with Gasteiger partial charge >= 0.3 is 0 Å². The van der Waals surface area contributed by atoms with Crippen molar-refractivity contribution in [2.24, 2.45) is 0 Å². The molecule has 0 spiro atoms. The van der Waals surface area contributed by atoms with Crippen molar-refractivity contribution >= 4 is 11.8 Å².